The number of hydrogen-bond donors (Lipinski definition) is 0. The van der Waals surface area contributed by atoms with Crippen LogP contribution in [0.15, 0.2) is 48.5 Å². The van der Waals surface area contributed by atoms with Gasteiger partial charge in [0, 0.05) is 6.07 Å². The Labute approximate surface area is 87.9 Å². The fraction of sp³-hybridized carbons (Fsp3) is 0. The lowest BCUT2D eigenvalue weighted by Crippen LogP contribution is -1.83. The van der Waals surface area contributed by atoms with Gasteiger partial charge in [0.2, 0.25) is 0 Å². The second-order valence-electron chi connectivity index (χ2n) is 2.76. The van der Waals surface area contributed by atoms with E-state index in [4.69, 9.17) is 16.3 Å². The molecule has 0 aliphatic carbocycles. The highest BCUT2D eigenvalue weighted by Crippen LogP contribution is 2.27. The SMILES string of the molecule is Clc1ccccc1Oc1[c]cccc1. The van der Waals surface area contributed by atoms with Gasteiger partial charge < -0.3 is 4.74 Å². The fourth-order valence-corrected chi connectivity index (χ4v) is 1.26. The van der Waals surface area contributed by atoms with E-state index in [0.29, 0.717) is 16.5 Å². The highest BCUT2D eigenvalue weighted by molar-refractivity contribution is 6.32. The quantitative estimate of drug-likeness (QED) is 0.719. The first-order chi connectivity index (χ1) is 6.86. The Hall–Kier alpha value is -1.47. The average Bonchev–Trinajstić information content (AvgIpc) is 2.23. The van der Waals surface area contributed by atoms with Gasteiger partial charge in [-0.3, -0.25) is 0 Å². The highest BCUT2D eigenvalue weighted by Gasteiger charge is 2.00. The van der Waals surface area contributed by atoms with Crippen LogP contribution in [0.3, 0.4) is 0 Å². The Morgan fingerprint density at radius 3 is 2.50 bits per heavy atom. The minimum Gasteiger partial charge on any atom is -0.455 e. The van der Waals surface area contributed by atoms with Crippen molar-refractivity contribution in [1.29, 1.82) is 0 Å². The molecule has 1 radical (unpaired) electrons. The summed E-state index contributed by atoms with van der Waals surface area (Å²) in [4.78, 5) is 0. The fourth-order valence-electron chi connectivity index (χ4n) is 1.09. The molecule has 0 aromatic heterocycles. The van der Waals surface area contributed by atoms with Gasteiger partial charge >= 0.3 is 0 Å². The van der Waals surface area contributed by atoms with Gasteiger partial charge in [0.15, 0.2) is 0 Å². The number of rotatable bonds is 2. The van der Waals surface area contributed by atoms with Gasteiger partial charge in [0.25, 0.3) is 0 Å². The predicted octanol–water partition coefficient (Wildman–Crippen LogP) is 3.93. The summed E-state index contributed by atoms with van der Waals surface area (Å²) in [7, 11) is 0. The van der Waals surface area contributed by atoms with Crippen molar-refractivity contribution in [3.05, 3.63) is 59.6 Å². The molecule has 2 aromatic rings. The van der Waals surface area contributed by atoms with Crippen molar-refractivity contribution >= 4 is 11.6 Å². The largest absolute Gasteiger partial charge is 0.455 e. The number of para-hydroxylation sites is 2. The lowest BCUT2D eigenvalue weighted by molar-refractivity contribution is 0.482. The van der Waals surface area contributed by atoms with Gasteiger partial charge in [-0.05, 0) is 18.2 Å². The van der Waals surface area contributed by atoms with E-state index in [-0.39, 0.29) is 0 Å². The Kier molecular flexibility index (Phi) is 2.70. The van der Waals surface area contributed by atoms with Crippen molar-refractivity contribution in [2.24, 2.45) is 0 Å². The van der Waals surface area contributed by atoms with E-state index in [1.807, 2.05) is 36.4 Å². The van der Waals surface area contributed by atoms with Gasteiger partial charge in [0.05, 0.1) is 5.02 Å². The predicted molar refractivity (Wildman–Crippen MR) is 56.8 cm³/mol. The van der Waals surface area contributed by atoms with Crippen LogP contribution in [0, 0.1) is 6.07 Å². The molecule has 2 aromatic carbocycles. The molecule has 0 atom stereocenters. The first kappa shape index (κ1) is 9.10. The number of halogens is 1. The van der Waals surface area contributed by atoms with Crippen LogP contribution >= 0.6 is 11.6 Å². The molecule has 2 rings (SSSR count). The molecule has 0 heterocycles. The van der Waals surface area contributed by atoms with Crippen LogP contribution < -0.4 is 4.74 Å². The maximum absolute atomic E-state index is 5.94. The number of hydrogen-bond acceptors (Lipinski definition) is 1. The zero-order valence-corrected chi connectivity index (χ0v) is 8.16. The maximum Gasteiger partial charge on any atom is 0.146 e. The molecule has 0 aliphatic heterocycles. The summed E-state index contributed by atoms with van der Waals surface area (Å²) in [5.74, 6) is 1.32. The lowest BCUT2D eigenvalue weighted by Gasteiger charge is -2.05. The summed E-state index contributed by atoms with van der Waals surface area (Å²) in [5, 5.41) is 0.602. The third kappa shape index (κ3) is 2.06. The first-order valence-corrected chi connectivity index (χ1v) is 4.63. The molecule has 0 saturated carbocycles. The van der Waals surface area contributed by atoms with Crippen LogP contribution in [0.5, 0.6) is 11.5 Å². The van der Waals surface area contributed by atoms with E-state index in [1.165, 1.54) is 0 Å². The van der Waals surface area contributed by atoms with Crippen molar-refractivity contribution in [3.63, 3.8) is 0 Å². The second kappa shape index (κ2) is 4.16. The Morgan fingerprint density at radius 2 is 1.79 bits per heavy atom. The van der Waals surface area contributed by atoms with Gasteiger partial charge in [0.1, 0.15) is 11.5 Å². The molecule has 69 valence electrons. The van der Waals surface area contributed by atoms with Crippen LogP contribution in [0.1, 0.15) is 0 Å². The van der Waals surface area contributed by atoms with Gasteiger partial charge in [-0.15, -0.1) is 0 Å². The molecule has 0 N–H and O–H groups in total. The molecule has 2 heteroatoms. The Morgan fingerprint density at radius 1 is 1.00 bits per heavy atom. The Balaban J connectivity index is 2.24. The molecule has 0 unspecified atom stereocenters. The highest BCUT2D eigenvalue weighted by atomic mass is 35.5. The normalized spacial score (nSPS) is 9.79. The van der Waals surface area contributed by atoms with E-state index >= 15 is 0 Å². The topological polar surface area (TPSA) is 9.23 Å². The molecular formula is C12H8ClO. The van der Waals surface area contributed by atoms with Crippen molar-refractivity contribution in [3.8, 4) is 11.5 Å². The smallest absolute Gasteiger partial charge is 0.146 e. The van der Waals surface area contributed by atoms with Crippen molar-refractivity contribution in [2.75, 3.05) is 0 Å². The molecule has 0 aliphatic rings. The average molecular weight is 204 g/mol. The van der Waals surface area contributed by atoms with Crippen LogP contribution in [0.2, 0.25) is 5.02 Å². The maximum atomic E-state index is 5.94. The van der Waals surface area contributed by atoms with Crippen LogP contribution in [-0.2, 0) is 0 Å². The third-order valence-corrected chi connectivity index (χ3v) is 2.05. The summed E-state index contributed by atoms with van der Waals surface area (Å²) in [6, 6.07) is 17.7. The third-order valence-electron chi connectivity index (χ3n) is 1.74. The molecule has 0 fully saturated rings. The van der Waals surface area contributed by atoms with Crippen LogP contribution in [-0.4, -0.2) is 0 Å². The monoisotopic (exact) mass is 203 g/mol. The molecule has 0 spiro atoms. The van der Waals surface area contributed by atoms with E-state index in [0.717, 1.165) is 0 Å². The zero-order chi connectivity index (χ0) is 9.80. The van der Waals surface area contributed by atoms with Gasteiger partial charge in [-0.2, -0.15) is 0 Å². The Bertz CT molecular complexity index is 412. The number of benzene rings is 2. The standard InChI is InChI=1S/C12H8ClO/c13-11-8-4-5-9-12(11)14-10-6-2-1-3-7-10/h1-6,8-9H. The molecule has 0 amide bonds. The second-order valence-corrected chi connectivity index (χ2v) is 3.17. The van der Waals surface area contributed by atoms with Crippen LogP contribution in [0.4, 0.5) is 0 Å². The van der Waals surface area contributed by atoms with Gasteiger partial charge in [-0.1, -0.05) is 41.9 Å². The van der Waals surface area contributed by atoms with E-state index in [1.54, 1.807) is 12.1 Å². The zero-order valence-electron chi connectivity index (χ0n) is 7.41. The minimum atomic E-state index is 0.602. The molecule has 0 bridgehead atoms. The lowest BCUT2D eigenvalue weighted by atomic mass is 10.3. The minimum absolute atomic E-state index is 0.602. The van der Waals surface area contributed by atoms with Crippen molar-refractivity contribution in [1.82, 2.24) is 0 Å². The van der Waals surface area contributed by atoms with E-state index in [2.05, 4.69) is 6.07 Å². The molecule has 0 saturated heterocycles. The molecule has 14 heavy (non-hydrogen) atoms. The summed E-state index contributed by atoms with van der Waals surface area (Å²) in [5.41, 5.74) is 0. The van der Waals surface area contributed by atoms with Crippen molar-refractivity contribution < 1.29 is 4.74 Å². The van der Waals surface area contributed by atoms with E-state index in [9.17, 15) is 0 Å². The summed E-state index contributed by atoms with van der Waals surface area (Å²) < 4.78 is 5.52. The summed E-state index contributed by atoms with van der Waals surface area (Å²) in [6.45, 7) is 0. The van der Waals surface area contributed by atoms with E-state index < -0.39 is 0 Å². The number of ether oxygens (including phenoxy) is 1. The first-order valence-electron chi connectivity index (χ1n) is 4.25. The molecular weight excluding hydrogens is 196 g/mol. The van der Waals surface area contributed by atoms with Crippen molar-refractivity contribution in [2.45, 2.75) is 0 Å². The molecule has 1 nitrogen and oxygen atoms in total. The summed E-state index contributed by atoms with van der Waals surface area (Å²) >= 11 is 5.94. The summed E-state index contributed by atoms with van der Waals surface area (Å²) in [6.07, 6.45) is 0. The van der Waals surface area contributed by atoms with Gasteiger partial charge in [-0.25, -0.2) is 0 Å². The van der Waals surface area contributed by atoms with Crippen LogP contribution in [0.25, 0.3) is 0 Å².